The molecule has 1 aromatic heterocycles. The van der Waals surface area contributed by atoms with Gasteiger partial charge in [-0.15, -0.1) is 0 Å². The highest BCUT2D eigenvalue weighted by molar-refractivity contribution is 6.31. The summed E-state index contributed by atoms with van der Waals surface area (Å²) in [5.74, 6) is 0.917. The second-order valence-corrected chi connectivity index (χ2v) is 5.43. The molecule has 2 aromatic rings. The minimum atomic E-state index is -0.0353. The molecule has 1 heterocycles. The van der Waals surface area contributed by atoms with Gasteiger partial charge in [0.1, 0.15) is 11.3 Å². The normalized spacial score (nSPS) is 17.9. The number of nitrogens with one attached hydrogen (secondary N) is 1. The van der Waals surface area contributed by atoms with Crippen molar-refractivity contribution < 1.29 is 4.74 Å². The summed E-state index contributed by atoms with van der Waals surface area (Å²) in [6.45, 7) is 0. The molecule has 5 heteroatoms. The van der Waals surface area contributed by atoms with Crippen LogP contribution in [0.25, 0.3) is 11.0 Å². The molecule has 0 unspecified atom stereocenters. The first kappa shape index (κ1) is 11.8. The SMILES string of the molecule is COC1(Cc2nc3c(N)cc(Cl)cc3[nH]2)CCC1. The lowest BCUT2D eigenvalue weighted by Gasteiger charge is -2.39. The molecule has 0 amide bonds. The first-order valence-electron chi connectivity index (χ1n) is 6.11. The van der Waals surface area contributed by atoms with Crippen molar-refractivity contribution in [1.29, 1.82) is 0 Å². The molecule has 0 radical (unpaired) electrons. The number of H-pyrrole nitrogens is 1. The molecule has 0 saturated heterocycles. The summed E-state index contributed by atoms with van der Waals surface area (Å²) < 4.78 is 5.61. The highest BCUT2D eigenvalue weighted by atomic mass is 35.5. The van der Waals surface area contributed by atoms with E-state index in [1.807, 2.05) is 6.07 Å². The van der Waals surface area contributed by atoms with Crippen LogP contribution in [-0.2, 0) is 11.2 Å². The van der Waals surface area contributed by atoms with Crippen molar-refractivity contribution >= 4 is 28.3 Å². The van der Waals surface area contributed by atoms with Crippen molar-refractivity contribution in [2.75, 3.05) is 12.8 Å². The number of aromatic amines is 1. The third-order valence-corrected chi connectivity index (χ3v) is 4.04. The van der Waals surface area contributed by atoms with Gasteiger partial charge in [0.15, 0.2) is 0 Å². The van der Waals surface area contributed by atoms with Gasteiger partial charge in [0.25, 0.3) is 0 Å². The van der Waals surface area contributed by atoms with Crippen molar-refractivity contribution in [1.82, 2.24) is 9.97 Å². The quantitative estimate of drug-likeness (QED) is 0.839. The molecule has 96 valence electrons. The van der Waals surface area contributed by atoms with E-state index < -0.39 is 0 Å². The lowest BCUT2D eigenvalue weighted by Crippen LogP contribution is -2.41. The number of hydrogen-bond donors (Lipinski definition) is 2. The molecule has 3 N–H and O–H groups in total. The van der Waals surface area contributed by atoms with Gasteiger partial charge in [-0.25, -0.2) is 4.98 Å². The Morgan fingerprint density at radius 3 is 2.89 bits per heavy atom. The largest absolute Gasteiger partial charge is 0.397 e. The Bertz CT molecular complexity index is 584. The number of hydrogen-bond acceptors (Lipinski definition) is 3. The Morgan fingerprint density at radius 2 is 2.28 bits per heavy atom. The van der Waals surface area contributed by atoms with Gasteiger partial charge in [0, 0.05) is 18.6 Å². The minimum absolute atomic E-state index is 0.0353. The summed E-state index contributed by atoms with van der Waals surface area (Å²) in [5.41, 5.74) is 8.17. The number of nitrogens with zero attached hydrogens (tertiary/aromatic N) is 1. The van der Waals surface area contributed by atoms with Crippen LogP contribution in [0.2, 0.25) is 5.02 Å². The number of anilines is 1. The fourth-order valence-electron chi connectivity index (χ4n) is 2.57. The molecule has 0 aliphatic heterocycles. The van der Waals surface area contributed by atoms with E-state index in [0.29, 0.717) is 10.7 Å². The molecule has 1 fully saturated rings. The summed E-state index contributed by atoms with van der Waals surface area (Å²) in [7, 11) is 1.77. The van der Waals surface area contributed by atoms with Crippen LogP contribution in [-0.4, -0.2) is 22.7 Å². The van der Waals surface area contributed by atoms with Crippen LogP contribution in [0, 0.1) is 0 Å². The van der Waals surface area contributed by atoms with Gasteiger partial charge in [-0.3, -0.25) is 0 Å². The number of nitrogens with two attached hydrogens (primary N) is 1. The Kier molecular flexibility index (Phi) is 2.72. The summed E-state index contributed by atoms with van der Waals surface area (Å²) >= 11 is 5.98. The van der Waals surface area contributed by atoms with Crippen molar-refractivity contribution in [2.45, 2.75) is 31.3 Å². The monoisotopic (exact) mass is 265 g/mol. The summed E-state index contributed by atoms with van der Waals surface area (Å²) in [6.07, 6.45) is 4.21. The van der Waals surface area contributed by atoms with E-state index in [4.69, 9.17) is 22.1 Å². The maximum Gasteiger partial charge on any atom is 0.112 e. The second kappa shape index (κ2) is 4.14. The zero-order valence-electron chi connectivity index (χ0n) is 10.3. The topological polar surface area (TPSA) is 63.9 Å². The van der Waals surface area contributed by atoms with Gasteiger partial charge >= 0.3 is 0 Å². The van der Waals surface area contributed by atoms with Crippen molar-refractivity contribution in [3.05, 3.63) is 23.0 Å². The molecule has 1 saturated carbocycles. The van der Waals surface area contributed by atoms with Crippen LogP contribution in [0.1, 0.15) is 25.1 Å². The van der Waals surface area contributed by atoms with Gasteiger partial charge in [-0.2, -0.15) is 0 Å². The summed E-state index contributed by atoms with van der Waals surface area (Å²) in [6, 6.07) is 3.58. The average Bonchev–Trinajstić information content (AvgIpc) is 2.66. The number of imidazole rings is 1. The Morgan fingerprint density at radius 1 is 1.50 bits per heavy atom. The molecular formula is C13H16ClN3O. The molecule has 18 heavy (non-hydrogen) atoms. The lowest BCUT2D eigenvalue weighted by atomic mass is 9.77. The van der Waals surface area contributed by atoms with Crippen molar-refractivity contribution in [3.63, 3.8) is 0 Å². The minimum Gasteiger partial charge on any atom is -0.397 e. The Balaban J connectivity index is 1.96. The number of ether oxygens (including phenoxy) is 1. The standard InChI is InChI=1S/C13H16ClN3O/c1-18-13(3-2-4-13)7-11-16-10-6-8(14)5-9(15)12(10)17-11/h5-6H,2-4,7,15H2,1H3,(H,16,17). The molecule has 3 rings (SSSR count). The number of methoxy groups -OCH3 is 1. The van der Waals surface area contributed by atoms with E-state index in [9.17, 15) is 0 Å². The molecule has 0 bridgehead atoms. The van der Waals surface area contributed by atoms with E-state index in [-0.39, 0.29) is 5.60 Å². The van der Waals surface area contributed by atoms with Crippen LogP contribution in [0.4, 0.5) is 5.69 Å². The first-order chi connectivity index (χ1) is 8.62. The highest BCUT2D eigenvalue weighted by Crippen LogP contribution is 2.38. The van der Waals surface area contributed by atoms with E-state index in [1.54, 1.807) is 13.2 Å². The van der Waals surface area contributed by atoms with Crippen LogP contribution in [0.3, 0.4) is 0 Å². The number of benzene rings is 1. The molecule has 0 atom stereocenters. The third-order valence-electron chi connectivity index (χ3n) is 3.82. The predicted octanol–water partition coefficient (Wildman–Crippen LogP) is 2.91. The first-order valence-corrected chi connectivity index (χ1v) is 6.48. The maximum atomic E-state index is 5.98. The summed E-state index contributed by atoms with van der Waals surface area (Å²) in [5, 5.41) is 0.625. The number of nitrogen functional groups attached to an aromatic ring is 1. The molecule has 1 aromatic carbocycles. The number of fused-ring (bicyclic) bond motifs is 1. The molecular weight excluding hydrogens is 250 g/mol. The highest BCUT2D eigenvalue weighted by Gasteiger charge is 2.38. The summed E-state index contributed by atoms with van der Waals surface area (Å²) in [4.78, 5) is 7.83. The maximum absolute atomic E-state index is 5.98. The Hall–Kier alpha value is -1.26. The van der Waals surface area contributed by atoms with E-state index in [2.05, 4.69) is 9.97 Å². The second-order valence-electron chi connectivity index (χ2n) is 4.99. The van der Waals surface area contributed by atoms with Crippen LogP contribution in [0.5, 0.6) is 0 Å². The van der Waals surface area contributed by atoms with Crippen molar-refractivity contribution in [2.24, 2.45) is 0 Å². The zero-order valence-corrected chi connectivity index (χ0v) is 11.0. The predicted molar refractivity (Wildman–Crippen MR) is 72.8 cm³/mol. The van der Waals surface area contributed by atoms with Gasteiger partial charge in [0.2, 0.25) is 0 Å². The third kappa shape index (κ3) is 1.85. The molecule has 4 nitrogen and oxygen atoms in total. The molecule has 1 aliphatic rings. The lowest BCUT2D eigenvalue weighted by molar-refractivity contribution is -0.0719. The Labute approximate surface area is 110 Å². The van der Waals surface area contributed by atoms with E-state index in [0.717, 1.165) is 36.1 Å². The van der Waals surface area contributed by atoms with E-state index in [1.165, 1.54) is 6.42 Å². The van der Waals surface area contributed by atoms with Gasteiger partial charge in [-0.05, 0) is 31.4 Å². The molecule has 1 aliphatic carbocycles. The fourth-order valence-corrected chi connectivity index (χ4v) is 2.80. The van der Waals surface area contributed by atoms with Gasteiger partial charge in [0.05, 0.1) is 16.8 Å². The fraction of sp³-hybridized carbons (Fsp3) is 0.462. The van der Waals surface area contributed by atoms with Crippen LogP contribution < -0.4 is 5.73 Å². The van der Waals surface area contributed by atoms with Crippen molar-refractivity contribution in [3.8, 4) is 0 Å². The average molecular weight is 266 g/mol. The number of halogens is 1. The molecule has 0 spiro atoms. The number of aromatic nitrogens is 2. The number of rotatable bonds is 3. The van der Waals surface area contributed by atoms with Gasteiger partial charge < -0.3 is 15.5 Å². The van der Waals surface area contributed by atoms with Crippen LogP contribution >= 0.6 is 11.6 Å². The van der Waals surface area contributed by atoms with E-state index >= 15 is 0 Å². The smallest absolute Gasteiger partial charge is 0.112 e. The van der Waals surface area contributed by atoms with Crippen LogP contribution in [0.15, 0.2) is 12.1 Å². The van der Waals surface area contributed by atoms with Gasteiger partial charge in [-0.1, -0.05) is 11.6 Å². The zero-order chi connectivity index (χ0) is 12.8.